The highest BCUT2D eigenvalue weighted by molar-refractivity contribution is 6.01. The van der Waals surface area contributed by atoms with Gasteiger partial charge in [-0.05, 0) is 25.0 Å². The first-order valence-corrected chi connectivity index (χ1v) is 5.41. The Kier molecular flexibility index (Phi) is 2.51. The normalized spacial score (nSPS) is 24.9. The highest BCUT2D eigenvalue weighted by Gasteiger charge is 2.36. The summed E-state index contributed by atoms with van der Waals surface area (Å²) in [7, 11) is 0. The number of para-hydroxylation sites is 1. The Morgan fingerprint density at radius 3 is 2.60 bits per heavy atom. The van der Waals surface area contributed by atoms with E-state index in [0.29, 0.717) is 5.92 Å². The number of carbonyl (C=O) groups is 1. The molecule has 2 nitrogen and oxygen atoms in total. The first-order valence-electron chi connectivity index (χ1n) is 5.41. The van der Waals surface area contributed by atoms with Crippen molar-refractivity contribution >= 4 is 5.78 Å². The van der Waals surface area contributed by atoms with E-state index in [4.69, 9.17) is 4.74 Å². The van der Waals surface area contributed by atoms with E-state index in [1.807, 2.05) is 31.2 Å². The van der Waals surface area contributed by atoms with Crippen molar-refractivity contribution in [1.82, 2.24) is 0 Å². The summed E-state index contributed by atoms with van der Waals surface area (Å²) in [5, 5.41) is 0. The third kappa shape index (κ3) is 1.65. The molecule has 1 aromatic rings. The van der Waals surface area contributed by atoms with Crippen LogP contribution in [0.15, 0.2) is 24.3 Å². The summed E-state index contributed by atoms with van der Waals surface area (Å²) in [5.74, 6) is 1.26. The molecule has 1 heterocycles. The van der Waals surface area contributed by atoms with E-state index in [-0.39, 0.29) is 17.8 Å². The second-order valence-corrected chi connectivity index (χ2v) is 4.45. The van der Waals surface area contributed by atoms with Gasteiger partial charge < -0.3 is 4.74 Å². The fraction of sp³-hybridized carbons (Fsp3) is 0.462. The van der Waals surface area contributed by atoms with Crippen LogP contribution in [0.1, 0.15) is 31.1 Å². The zero-order valence-corrected chi connectivity index (χ0v) is 9.36. The first kappa shape index (κ1) is 10.2. The van der Waals surface area contributed by atoms with Crippen LogP contribution in [0.5, 0.6) is 5.75 Å². The molecule has 0 radical (unpaired) electrons. The lowest BCUT2D eigenvalue weighted by Gasteiger charge is -2.32. The molecular weight excluding hydrogens is 188 g/mol. The molecule has 1 aliphatic rings. The monoisotopic (exact) mass is 204 g/mol. The summed E-state index contributed by atoms with van der Waals surface area (Å²) in [4.78, 5) is 12.2. The molecule has 0 saturated carbocycles. The lowest BCUT2D eigenvalue weighted by Crippen LogP contribution is -2.38. The summed E-state index contributed by atoms with van der Waals surface area (Å²) < 4.78 is 5.76. The molecule has 0 amide bonds. The molecule has 2 unspecified atom stereocenters. The van der Waals surface area contributed by atoms with Crippen molar-refractivity contribution in [3.05, 3.63) is 29.8 Å². The Labute approximate surface area is 90.3 Å². The minimum absolute atomic E-state index is 0.0140. The standard InChI is InChI=1S/C13H16O2/c1-8(2)12-9(3)15-11-7-5-4-6-10(11)13(12)14/h4-9,12H,1-3H3. The van der Waals surface area contributed by atoms with Gasteiger partial charge in [0.05, 0.1) is 11.5 Å². The van der Waals surface area contributed by atoms with Gasteiger partial charge in [-0.25, -0.2) is 0 Å². The Bertz CT molecular complexity index is 382. The fourth-order valence-electron chi connectivity index (χ4n) is 2.28. The molecule has 0 N–H and O–H groups in total. The van der Waals surface area contributed by atoms with Gasteiger partial charge in [0.15, 0.2) is 5.78 Å². The van der Waals surface area contributed by atoms with Gasteiger partial charge in [0.25, 0.3) is 0 Å². The lowest BCUT2D eigenvalue weighted by molar-refractivity contribution is 0.0606. The van der Waals surface area contributed by atoms with Crippen molar-refractivity contribution in [1.29, 1.82) is 0 Å². The van der Waals surface area contributed by atoms with Crippen LogP contribution in [0.4, 0.5) is 0 Å². The maximum Gasteiger partial charge on any atom is 0.173 e. The van der Waals surface area contributed by atoms with Crippen molar-refractivity contribution in [3.8, 4) is 5.75 Å². The van der Waals surface area contributed by atoms with Crippen LogP contribution < -0.4 is 4.74 Å². The number of hydrogen-bond acceptors (Lipinski definition) is 2. The third-order valence-electron chi connectivity index (χ3n) is 2.99. The Hall–Kier alpha value is -1.31. The van der Waals surface area contributed by atoms with E-state index >= 15 is 0 Å². The number of Topliss-reactive ketones (excluding diaryl/α,β-unsaturated/α-hetero) is 1. The number of benzene rings is 1. The van der Waals surface area contributed by atoms with Crippen LogP contribution in [-0.4, -0.2) is 11.9 Å². The quantitative estimate of drug-likeness (QED) is 0.703. The first-order chi connectivity index (χ1) is 7.11. The molecule has 2 rings (SSSR count). The molecule has 2 atom stereocenters. The van der Waals surface area contributed by atoms with Crippen LogP contribution in [-0.2, 0) is 0 Å². The number of fused-ring (bicyclic) bond motifs is 1. The minimum Gasteiger partial charge on any atom is -0.489 e. The fourth-order valence-corrected chi connectivity index (χ4v) is 2.28. The molecule has 15 heavy (non-hydrogen) atoms. The van der Waals surface area contributed by atoms with E-state index in [1.165, 1.54) is 0 Å². The summed E-state index contributed by atoms with van der Waals surface area (Å²) in [6, 6.07) is 7.49. The van der Waals surface area contributed by atoms with Gasteiger partial charge in [-0.1, -0.05) is 26.0 Å². The van der Waals surface area contributed by atoms with E-state index in [9.17, 15) is 4.79 Å². The molecular formula is C13H16O2. The van der Waals surface area contributed by atoms with E-state index in [0.717, 1.165) is 11.3 Å². The summed E-state index contributed by atoms with van der Waals surface area (Å²) in [5.41, 5.74) is 0.731. The average molecular weight is 204 g/mol. The van der Waals surface area contributed by atoms with E-state index in [1.54, 1.807) is 0 Å². The summed E-state index contributed by atoms with van der Waals surface area (Å²) >= 11 is 0. The third-order valence-corrected chi connectivity index (χ3v) is 2.99. The Morgan fingerprint density at radius 1 is 1.27 bits per heavy atom. The smallest absolute Gasteiger partial charge is 0.173 e. The van der Waals surface area contributed by atoms with Crippen molar-refractivity contribution < 1.29 is 9.53 Å². The van der Waals surface area contributed by atoms with Crippen molar-refractivity contribution in [2.24, 2.45) is 11.8 Å². The van der Waals surface area contributed by atoms with Crippen molar-refractivity contribution in [2.45, 2.75) is 26.9 Å². The molecule has 2 heteroatoms. The van der Waals surface area contributed by atoms with Crippen LogP contribution in [0.25, 0.3) is 0 Å². The lowest BCUT2D eigenvalue weighted by atomic mass is 9.82. The molecule has 0 aromatic heterocycles. The van der Waals surface area contributed by atoms with Gasteiger partial charge in [-0.15, -0.1) is 0 Å². The summed E-state index contributed by atoms with van der Waals surface area (Å²) in [6.45, 7) is 6.10. The number of hydrogen-bond donors (Lipinski definition) is 0. The molecule has 1 aliphatic heterocycles. The Balaban J connectivity index is 2.43. The predicted molar refractivity (Wildman–Crippen MR) is 59.2 cm³/mol. The molecule has 80 valence electrons. The SMILES string of the molecule is CC(C)C1C(=O)c2ccccc2OC1C. The summed E-state index contributed by atoms with van der Waals surface area (Å²) in [6.07, 6.45) is -0.0209. The van der Waals surface area contributed by atoms with Crippen LogP contribution >= 0.6 is 0 Å². The topological polar surface area (TPSA) is 26.3 Å². The maximum atomic E-state index is 12.2. The van der Waals surface area contributed by atoms with Gasteiger partial charge in [0, 0.05) is 0 Å². The molecule has 0 spiro atoms. The number of ketones is 1. The van der Waals surface area contributed by atoms with Gasteiger partial charge in [0.2, 0.25) is 0 Å². The maximum absolute atomic E-state index is 12.2. The molecule has 0 aliphatic carbocycles. The van der Waals surface area contributed by atoms with E-state index < -0.39 is 0 Å². The Morgan fingerprint density at radius 2 is 1.93 bits per heavy atom. The van der Waals surface area contributed by atoms with Crippen molar-refractivity contribution in [2.75, 3.05) is 0 Å². The minimum atomic E-state index is -0.0209. The van der Waals surface area contributed by atoms with Gasteiger partial charge in [-0.2, -0.15) is 0 Å². The predicted octanol–water partition coefficient (Wildman–Crippen LogP) is 2.92. The number of ether oxygens (including phenoxy) is 1. The molecule has 0 bridgehead atoms. The largest absolute Gasteiger partial charge is 0.489 e. The second kappa shape index (κ2) is 3.69. The van der Waals surface area contributed by atoms with Crippen LogP contribution in [0.2, 0.25) is 0 Å². The molecule has 0 fully saturated rings. The van der Waals surface area contributed by atoms with Gasteiger partial charge >= 0.3 is 0 Å². The zero-order valence-electron chi connectivity index (χ0n) is 9.36. The zero-order chi connectivity index (χ0) is 11.0. The average Bonchev–Trinajstić information content (AvgIpc) is 2.17. The van der Waals surface area contributed by atoms with Gasteiger partial charge in [-0.3, -0.25) is 4.79 Å². The number of rotatable bonds is 1. The van der Waals surface area contributed by atoms with Crippen LogP contribution in [0, 0.1) is 11.8 Å². The molecule has 0 saturated heterocycles. The van der Waals surface area contributed by atoms with Gasteiger partial charge in [0.1, 0.15) is 11.9 Å². The van der Waals surface area contributed by atoms with Crippen molar-refractivity contribution in [3.63, 3.8) is 0 Å². The highest BCUT2D eigenvalue weighted by Crippen LogP contribution is 2.33. The highest BCUT2D eigenvalue weighted by atomic mass is 16.5. The van der Waals surface area contributed by atoms with Crippen LogP contribution in [0.3, 0.4) is 0 Å². The number of carbonyl (C=O) groups excluding carboxylic acids is 1. The second-order valence-electron chi connectivity index (χ2n) is 4.45. The van der Waals surface area contributed by atoms with E-state index in [2.05, 4.69) is 13.8 Å². The molecule has 1 aromatic carbocycles.